The number of carbonyl (C=O) groups excluding carboxylic acids is 1. The van der Waals surface area contributed by atoms with E-state index in [0.717, 1.165) is 16.1 Å². The van der Waals surface area contributed by atoms with Gasteiger partial charge in [-0.2, -0.15) is 18.4 Å². The molecule has 0 aliphatic rings. The topological polar surface area (TPSA) is 86.0 Å². The molecule has 0 radical (unpaired) electrons. The number of hydrogen-bond donors (Lipinski definition) is 2. The predicted molar refractivity (Wildman–Crippen MR) is 175 cm³/mol. The zero-order valence-electron chi connectivity index (χ0n) is 24.7. The summed E-state index contributed by atoms with van der Waals surface area (Å²) in [6.45, 7) is 4.40. The summed E-state index contributed by atoms with van der Waals surface area (Å²) < 4.78 is 44.3. The number of halogens is 4. The molecule has 1 amide bonds. The summed E-state index contributed by atoms with van der Waals surface area (Å²) in [5.41, 5.74) is 2.22. The normalized spacial score (nSPS) is 12.0. The van der Waals surface area contributed by atoms with E-state index in [1.165, 1.54) is 12.1 Å². The Morgan fingerprint density at radius 1 is 1.11 bits per heavy atom. The third-order valence-corrected chi connectivity index (χ3v) is 8.04. The second kappa shape index (κ2) is 15.2. The van der Waals surface area contributed by atoms with Crippen molar-refractivity contribution in [1.82, 2.24) is 19.8 Å². The molecule has 0 bridgehead atoms. The minimum absolute atomic E-state index is 0.0527. The Kier molecular flexibility index (Phi) is 11.4. The van der Waals surface area contributed by atoms with E-state index in [1.54, 1.807) is 35.6 Å². The Morgan fingerprint density at radius 2 is 1.84 bits per heavy atom. The van der Waals surface area contributed by atoms with E-state index in [4.69, 9.17) is 17.5 Å². The van der Waals surface area contributed by atoms with Crippen LogP contribution in [0.3, 0.4) is 0 Å². The van der Waals surface area contributed by atoms with Crippen LogP contribution in [0.25, 0.3) is 0 Å². The Balaban J connectivity index is 1.52. The molecule has 12 heteroatoms. The number of benzene rings is 3. The van der Waals surface area contributed by atoms with E-state index in [1.807, 2.05) is 54.8 Å². The van der Waals surface area contributed by atoms with Crippen LogP contribution >= 0.6 is 28.1 Å². The molecule has 3 aromatic carbocycles. The summed E-state index contributed by atoms with van der Waals surface area (Å²) in [6.07, 6.45) is -1.21. The molecule has 234 valence electrons. The molecule has 1 heterocycles. The molecule has 4 aromatic rings. The molecule has 1 atom stereocenters. The third kappa shape index (κ3) is 9.64. The van der Waals surface area contributed by atoms with Gasteiger partial charge in [-0.15, -0.1) is 0 Å². The molecule has 0 saturated heterocycles. The molecule has 0 fully saturated rings. The summed E-state index contributed by atoms with van der Waals surface area (Å²) in [6, 6.07) is 21.6. The fourth-order valence-electron chi connectivity index (χ4n) is 4.73. The first kappa shape index (κ1) is 33.7. The number of imidazole rings is 1. The molecule has 1 aromatic heterocycles. The monoisotopic (exact) mass is 696 g/mol. The van der Waals surface area contributed by atoms with Crippen LogP contribution in [0.2, 0.25) is 0 Å². The van der Waals surface area contributed by atoms with Crippen LogP contribution in [0.15, 0.2) is 89.8 Å². The van der Waals surface area contributed by atoms with Crippen molar-refractivity contribution in [2.24, 2.45) is 5.92 Å². The molecular formula is C33H32BrF3N6OS. The number of amides is 1. The zero-order valence-corrected chi connectivity index (χ0v) is 27.1. The number of hydrogen-bond acceptors (Lipinski definition) is 4. The number of carbonyl (C=O) groups is 1. The molecule has 7 nitrogen and oxygen atoms in total. The van der Waals surface area contributed by atoms with Crippen LogP contribution in [0.1, 0.15) is 41.8 Å². The van der Waals surface area contributed by atoms with Gasteiger partial charge in [-0.3, -0.25) is 4.79 Å². The van der Waals surface area contributed by atoms with Gasteiger partial charge in [0.1, 0.15) is 0 Å². The van der Waals surface area contributed by atoms with Crippen molar-refractivity contribution < 1.29 is 18.0 Å². The minimum Gasteiger partial charge on any atom is -0.351 e. The lowest BCUT2D eigenvalue weighted by molar-refractivity contribution is -0.138. The maximum Gasteiger partial charge on any atom is 0.416 e. The van der Waals surface area contributed by atoms with Gasteiger partial charge < -0.3 is 20.1 Å². The van der Waals surface area contributed by atoms with Gasteiger partial charge in [0.2, 0.25) is 5.91 Å². The molecule has 0 aliphatic carbocycles. The third-order valence-electron chi connectivity index (χ3n) is 7.19. The van der Waals surface area contributed by atoms with E-state index in [2.05, 4.69) is 37.6 Å². The zero-order chi connectivity index (χ0) is 32.6. The summed E-state index contributed by atoms with van der Waals surface area (Å²) in [4.78, 5) is 19.2. The van der Waals surface area contributed by atoms with E-state index >= 15 is 0 Å². The van der Waals surface area contributed by atoms with Gasteiger partial charge in [0.25, 0.3) is 0 Å². The molecule has 4 rings (SSSR count). The van der Waals surface area contributed by atoms with Crippen molar-refractivity contribution in [2.75, 3.05) is 11.9 Å². The quantitative estimate of drug-likeness (QED) is 0.162. The van der Waals surface area contributed by atoms with Gasteiger partial charge in [0, 0.05) is 47.7 Å². The van der Waals surface area contributed by atoms with Gasteiger partial charge in [0.05, 0.1) is 29.9 Å². The first-order valence-electron chi connectivity index (χ1n) is 14.2. The first-order valence-corrected chi connectivity index (χ1v) is 15.4. The lowest BCUT2D eigenvalue weighted by Crippen LogP contribution is -2.49. The van der Waals surface area contributed by atoms with E-state index < -0.39 is 17.8 Å². The summed E-state index contributed by atoms with van der Waals surface area (Å²) in [5, 5.41) is 15.5. The van der Waals surface area contributed by atoms with Crippen molar-refractivity contribution in [2.45, 2.75) is 45.6 Å². The summed E-state index contributed by atoms with van der Waals surface area (Å²) in [7, 11) is 0. The largest absolute Gasteiger partial charge is 0.416 e. The van der Waals surface area contributed by atoms with Crippen LogP contribution < -0.4 is 10.6 Å². The lowest BCUT2D eigenvalue weighted by atomic mass is 10.0. The highest BCUT2D eigenvalue weighted by atomic mass is 79.9. The van der Waals surface area contributed by atoms with E-state index in [9.17, 15) is 18.0 Å². The number of alkyl halides is 3. The number of anilines is 1. The summed E-state index contributed by atoms with van der Waals surface area (Å²) in [5.74, 6) is -0.316. The van der Waals surface area contributed by atoms with Crippen LogP contribution in [-0.4, -0.2) is 38.1 Å². The fourth-order valence-corrected chi connectivity index (χ4v) is 5.39. The number of aromatic nitrogens is 2. The number of nitrogens with one attached hydrogen (secondary N) is 2. The smallest absolute Gasteiger partial charge is 0.351 e. The number of nitriles is 1. The Morgan fingerprint density at radius 3 is 2.51 bits per heavy atom. The maximum atomic E-state index is 13.9. The Bertz CT molecular complexity index is 1670. The minimum atomic E-state index is -4.53. The standard InChI is InChI=1S/C33H32BrF3N6OS/c1-22(2)30(41-31(44)15-28-17-39-21-43(28)18-24-12-10-23(16-38)11-13-24)20-42(32(45)40-27-8-5-7-26(34)14-27)19-25-6-3-4-9-29(25)33(35,36)37/h3-14,17,21-22,30H,15,18-20H2,1-2H3,(H,40,45)(H,41,44)/t30-/m1/s1. The highest BCUT2D eigenvalue weighted by Gasteiger charge is 2.34. The first-order chi connectivity index (χ1) is 21.4. The second-order valence-electron chi connectivity index (χ2n) is 10.9. The Hall–Kier alpha value is -4.21. The van der Waals surface area contributed by atoms with Crippen LogP contribution in [-0.2, 0) is 30.5 Å². The van der Waals surface area contributed by atoms with Crippen molar-refractivity contribution >= 4 is 44.9 Å². The average molecular weight is 698 g/mol. The predicted octanol–water partition coefficient (Wildman–Crippen LogP) is 7.17. The molecule has 0 aliphatic heterocycles. The van der Waals surface area contributed by atoms with Gasteiger partial charge in [-0.25, -0.2) is 4.98 Å². The van der Waals surface area contributed by atoms with Gasteiger partial charge in [-0.1, -0.05) is 66.2 Å². The highest BCUT2D eigenvalue weighted by molar-refractivity contribution is 9.10. The fraction of sp³-hybridized carbons (Fsp3) is 0.273. The summed E-state index contributed by atoms with van der Waals surface area (Å²) >= 11 is 9.15. The Labute approximate surface area is 274 Å². The van der Waals surface area contributed by atoms with Crippen molar-refractivity contribution in [3.8, 4) is 6.07 Å². The SMILES string of the molecule is CC(C)[C@@H](CN(Cc1ccccc1C(F)(F)F)C(=S)Nc1cccc(Br)c1)NC(=O)Cc1cncn1Cc1ccc(C#N)cc1. The average Bonchev–Trinajstić information content (AvgIpc) is 3.42. The van der Waals surface area contributed by atoms with Crippen molar-refractivity contribution in [1.29, 1.82) is 5.26 Å². The maximum absolute atomic E-state index is 13.9. The van der Waals surface area contributed by atoms with Gasteiger partial charge in [-0.05, 0) is 65.7 Å². The number of rotatable bonds is 11. The van der Waals surface area contributed by atoms with Crippen LogP contribution in [0, 0.1) is 17.2 Å². The number of nitrogens with zero attached hydrogens (tertiary/aromatic N) is 4. The molecule has 0 spiro atoms. The van der Waals surface area contributed by atoms with Crippen LogP contribution in [0.5, 0.6) is 0 Å². The molecule has 0 unspecified atom stereocenters. The van der Waals surface area contributed by atoms with Crippen molar-refractivity contribution in [3.05, 3.63) is 118 Å². The van der Waals surface area contributed by atoms with E-state index in [0.29, 0.717) is 23.5 Å². The lowest BCUT2D eigenvalue weighted by Gasteiger charge is -2.33. The van der Waals surface area contributed by atoms with Crippen molar-refractivity contribution in [3.63, 3.8) is 0 Å². The molecule has 45 heavy (non-hydrogen) atoms. The van der Waals surface area contributed by atoms with Crippen LogP contribution in [0.4, 0.5) is 18.9 Å². The number of thiocarbonyl (C=S) groups is 1. The molecule has 2 N–H and O–H groups in total. The molecule has 0 saturated carbocycles. The van der Waals surface area contributed by atoms with Gasteiger partial charge in [0.15, 0.2) is 5.11 Å². The highest BCUT2D eigenvalue weighted by Crippen LogP contribution is 2.32. The molecular weight excluding hydrogens is 665 g/mol. The van der Waals surface area contributed by atoms with Gasteiger partial charge >= 0.3 is 6.18 Å². The van der Waals surface area contributed by atoms with E-state index in [-0.39, 0.29) is 42.0 Å². The second-order valence-corrected chi connectivity index (χ2v) is 12.2.